The van der Waals surface area contributed by atoms with Crippen LogP contribution in [-0.4, -0.2) is 35.9 Å². The summed E-state index contributed by atoms with van der Waals surface area (Å²) in [7, 11) is 1.77. The van der Waals surface area contributed by atoms with Crippen molar-refractivity contribution in [2.75, 3.05) is 25.0 Å². The minimum atomic E-state index is -0.0917. The molecule has 0 unspecified atom stereocenters. The molecule has 1 saturated heterocycles. The van der Waals surface area contributed by atoms with Crippen molar-refractivity contribution in [2.24, 2.45) is 0 Å². The fraction of sp³-hybridized carbons (Fsp3) is 0.333. The maximum atomic E-state index is 12.6. The molecular formula is C18H20ClN3O. The first-order valence-electron chi connectivity index (χ1n) is 7.85. The van der Waals surface area contributed by atoms with E-state index in [1.54, 1.807) is 18.1 Å². The lowest BCUT2D eigenvalue weighted by Gasteiger charge is -2.20. The van der Waals surface area contributed by atoms with Crippen LogP contribution in [0.25, 0.3) is 0 Å². The fourth-order valence-corrected chi connectivity index (χ4v) is 3.05. The first-order valence-corrected chi connectivity index (χ1v) is 8.23. The van der Waals surface area contributed by atoms with Gasteiger partial charge in [-0.1, -0.05) is 29.8 Å². The normalized spacial score (nSPS) is 14.1. The van der Waals surface area contributed by atoms with E-state index in [1.165, 1.54) is 12.8 Å². The third kappa shape index (κ3) is 3.64. The molecule has 1 aliphatic rings. The molecule has 1 fully saturated rings. The first kappa shape index (κ1) is 15.8. The van der Waals surface area contributed by atoms with Crippen molar-refractivity contribution >= 4 is 23.2 Å². The van der Waals surface area contributed by atoms with E-state index in [0.29, 0.717) is 17.3 Å². The Bertz CT molecular complexity index is 698. The summed E-state index contributed by atoms with van der Waals surface area (Å²) < 4.78 is 0. The van der Waals surface area contributed by atoms with E-state index in [0.717, 1.165) is 24.3 Å². The number of halogens is 1. The molecule has 0 saturated carbocycles. The van der Waals surface area contributed by atoms with E-state index in [4.69, 9.17) is 11.6 Å². The highest BCUT2D eigenvalue weighted by molar-refractivity contribution is 6.31. The van der Waals surface area contributed by atoms with Crippen LogP contribution < -0.4 is 4.90 Å². The lowest BCUT2D eigenvalue weighted by molar-refractivity contribution is 0.0779. The van der Waals surface area contributed by atoms with E-state index in [2.05, 4.69) is 9.88 Å². The molecule has 23 heavy (non-hydrogen) atoms. The summed E-state index contributed by atoms with van der Waals surface area (Å²) in [6.45, 7) is 2.56. The number of aromatic nitrogens is 1. The highest BCUT2D eigenvalue weighted by Crippen LogP contribution is 2.21. The number of nitrogens with zero attached hydrogens (tertiary/aromatic N) is 3. The van der Waals surface area contributed by atoms with Crippen LogP contribution in [0.15, 0.2) is 42.6 Å². The van der Waals surface area contributed by atoms with Gasteiger partial charge in [0.2, 0.25) is 0 Å². The predicted octanol–water partition coefficient (Wildman–Crippen LogP) is 3.61. The topological polar surface area (TPSA) is 36.4 Å². The largest absolute Gasteiger partial charge is 0.371 e. The molecule has 0 radical (unpaired) electrons. The second-order valence-corrected chi connectivity index (χ2v) is 6.25. The van der Waals surface area contributed by atoms with Crippen LogP contribution in [0.4, 0.5) is 5.69 Å². The van der Waals surface area contributed by atoms with Crippen LogP contribution >= 0.6 is 11.6 Å². The predicted molar refractivity (Wildman–Crippen MR) is 92.9 cm³/mol. The molecule has 3 rings (SSSR count). The average molecular weight is 330 g/mol. The minimum Gasteiger partial charge on any atom is -0.371 e. The van der Waals surface area contributed by atoms with Gasteiger partial charge < -0.3 is 9.80 Å². The van der Waals surface area contributed by atoms with Crippen LogP contribution in [-0.2, 0) is 6.54 Å². The Balaban J connectivity index is 1.74. The van der Waals surface area contributed by atoms with Crippen molar-refractivity contribution in [1.82, 2.24) is 9.88 Å². The van der Waals surface area contributed by atoms with E-state index >= 15 is 0 Å². The lowest BCUT2D eigenvalue weighted by Crippen LogP contribution is -2.27. The lowest BCUT2D eigenvalue weighted by atomic mass is 10.2. The van der Waals surface area contributed by atoms with Gasteiger partial charge in [0.05, 0.1) is 0 Å². The number of pyridine rings is 1. The summed E-state index contributed by atoms with van der Waals surface area (Å²) in [6, 6.07) is 11.4. The van der Waals surface area contributed by atoms with Crippen molar-refractivity contribution < 1.29 is 4.79 Å². The molecule has 0 atom stereocenters. The molecule has 1 amide bonds. The SMILES string of the molecule is CN(Cc1ccccc1Cl)C(=O)c1cc(N2CCCC2)ccn1. The van der Waals surface area contributed by atoms with Gasteiger partial charge in [-0.25, -0.2) is 0 Å². The molecule has 120 valence electrons. The molecule has 4 nitrogen and oxygen atoms in total. The maximum Gasteiger partial charge on any atom is 0.272 e. The standard InChI is InChI=1S/C18H20ClN3O/c1-21(13-14-6-2-3-7-16(14)19)18(23)17-12-15(8-9-20-17)22-10-4-5-11-22/h2-3,6-9,12H,4-5,10-11,13H2,1H3. The Morgan fingerprint density at radius 2 is 2.00 bits per heavy atom. The molecule has 0 aliphatic carbocycles. The number of carbonyl (C=O) groups is 1. The molecule has 1 aromatic carbocycles. The molecule has 2 aromatic rings. The molecule has 2 heterocycles. The summed E-state index contributed by atoms with van der Waals surface area (Å²) in [5.74, 6) is -0.0917. The van der Waals surface area contributed by atoms with E-state index in [1.807, 2.05) is 36.4 Å². The molecule has 1 aromatic heterocycles. The van der Waals surface area contributed by atoms with Gasteiger partial charge in [0, 0.05) is 43.6 Å². The van der Waals surface area contributed by atoms with Crippen LogP contribution in [0.2, 0.25) is 5.02 Å². The van der Waals surface area contributed by atoms with Crippen molar-refractivity contribution in [3.05, 3.63) is 58.9 Å². The Kier molecular flexibility index (Phi) is 4.82. The Labute approximate surface area is 141 Å². The van der Waals surface area contributed by atoms with Gasteiger partial charge in [-0.3, -0.25) is 9.78 Å². The van der Waals surface area contributed by atoms with Crippen LogP contribution in [0.1, 0.15) is 28.9 Å². The zero-order valence-corrected chi connectivity index (χ0v) is 14.0. The summed E-state index contributed by atoms with van der Waals surface area (Å²) >= 11 is 6.17. The summed E-state index contributed by atoms with van der Waals surface area (Å²) in [4.78, 5) is 20.8. The zero-order chi connectivity index (χ0) is 16.2. The van der Waals surface area contributed by atoms with E-state index in [9.17, 15) is 4.79 Å². The Morgan fingerprint density at radius 1 is 1.26 bits per heavy atom. The second-order valence-electron chi connectivity index (χ2n) is 5.85. The summed E-state index contributed by atoms with van der Waals surface area (Å²) in [5, 5.41) is 0.672. The number of hydrogen-bond donors (Lipinski definition) is 0. The molecular weight excluding hydrogens is 310 g/mol. The van der Waals surface area contributed by atoms with Gasteiger partial charge in [-0.2, -0.15) is 0 Å². The third-order valence-electron chi connectivity index (χ3n) is 4.15. The third-order valence-corrected chi connectivity index (χ3v) is 4.51. The van der Waals surface area contributed by atoms with Gasteiger partial charge in [0.1, 0.15) is 5.69 Å². The highest BCUT2D eigenvalue weighted by atomic mass is 35.5. The van der Waals surface area contributed by atoms with Crippen LogP contribution in [0.3, 0.4) is 0 Å². The molecule has 5 heteroatoms. The maximum absolute atomic E-state index is 12.6. The smallest absolute Gasteiger partial charge is 0.272 e. The van der Waals surface area contributed by atoms with Gasteiger partial charge in [-0.15, -0.1) is 0 Å². The number of rotatable bonds is 4. The second kappa shape index (κ2) is 7.01. The van der Waals surface area contributed by atoms with Gasteiger partial charge in [0.15, 0.2) is 0 Å². The number of hydrogen-bond acceptors (Lipinski definition) is 3. The average Bonchev–Trinajstić information content (AvgIpc) is 3.11. The van der Waals surface area contributed by atoms with E-state index < -0.39 is 0 Å². The van der Waals surface area contributed by atoms with Crippen molar-refractivity contribution in [1.29, 1.82) is 0 Å². The molecule has 0 bridgehead atoms. The Hall–Kier alpha value is -2.07. The van der Waals surface area contributed by atoms with Gasteiger partial charge >= 0.3 is 0 Å². The monoisotopic (exact) mass is 329 g/mol. The van der Waals surface area contributed by atoms with Crippen molar-refractivity contribution in [3.8, 4) is 0 Å². The van der Waals surface area contributed by atoms with Gasteiger partial charge in [-0.05, 0) is 36.6 Å². The quantitative estimate of drug-likeness (QED) is 0.859. The van der Waals surface area contributed by atoms with E-state index in [-0.39, 0.29) is 5.91 Å². The number of amides is 1. The highest BCUT2D eigenvalue weighted by Gasteiger charge is 2.18. The number of carbonyl (C=O) groups excluding carboxylic acids is 1. The Morgan fingerprint density at radius 3 is 2.74 bits per heavy atom. The zero-order valence-electron chi connectivity index (χ0n) is 13.2. The van der Waals surface area contributed by atoms with Crippen molar-refractivity contribution in [2.45, 2.75) is 19.4 Å². The molecule has 0 spiro atoms. The summed E-state index contributed by atoms with van der Waals surface area (Å²) in [5.41, 5.74) is 2.48. The minimum absolute atomic E-state index is 0.0917. The molecule has 1 aliphatic heterocycles. The summed E-state index contributed by atoms with van der Waals surface area (Å²) in [6.07, 6.45) is 4.13. The van der Waals surface area contributed by atoms with Gasteiger partial charge in [0.25, 0.3) is 5.91 Å². The van der Waals surface area contributed by atoms with Crippen LogP contribution in [0.5, 0.6) is 0 Å². The number of anilines is 1. The molecule has 0 N–H and O–H groups in total. The first-order chi connectivity index (χ1) is 11.1. The fourth-order valence-electron chi connectivity index (χ4n) is 2.86. The van der Waals surface area contributed by atoms with Crippen LogP contribution in [0, 0.1) is 0 Å². The number of benzene rings is 1. The van der Waals surface area contributed by atoms with Crippen molar-refractivity contribution in [3.63, 3.8) is 0 Å².